The molecule has 7 heteroatoms. The summed E-state index contributed by atoms with van der Waals surface area (Å²) in [5.74, 6) is -0.269. The Morgan fingerprint density at radius 3 is 2.85 bits per heavy atom. The molecule has 0 aromatic carbocycles. The minimum absolute atomic E-state index is 0.375. The molecule has 0 radical (unpaired) electrons. The Hall–Kier alpha value is -0.950. The first-order valence-corrected chi connectivity index (χ1v) is 8.48. The van der Waals surface area contributed by atoms with Crippen molar-refractivity contribution in [1.29, 1.82) is 0 Å². The molecule has 1 rings (SSSR count). The molecule has 0 saturated carbocycles. The highest BCUT2D eigenvalue weighted by Gasteiger charge is 2.24. The summed E-state index contributed by atoms with van der Waals surface area (Å²) < 4.78 is 0. The highest BCUT2D eigenvalue weighted by atomic mass is 32.2. The molecule has 1 heterocycles. The van der Waals surface area contributed by atoms with Crippen LogP contribution >= 0.6 is 11.8 Å². The largest absolute Gasteiger partial charge is 0.480 e. The van der Waals surface area contributed by atoms with E-state index < -0.39 is 12.0 Å². The lowest BCUT2D eigenvalue weighted by atomic mass is 10.2. The summed E-state index contributed by atoms with van der Waals surface area (Å²) in [5, 5.41) is 14.4. The molecule has 3 N–H and O–H groups in total. The van der Waals surface area contributed by atoms with Crippen LogP contribution in [0.25, 0.3) is 0 Å². The quantitative estimate of drug-likeness (QED) is 0.622. The predicted octanol–water partition coefficient (Wildman–Crippen LogP) is 0.976. The zero-order chi connectivity index (χ0) is 15.0. The van der Waals surface area contributed by atoms with E-state index >= 15 is 0 Å². The lowest BCUT2D eigenvalue weighted by Gasteiger charge is -2.23. The minimum atomic E-state index is -0.981. The first kappa shape index (κ1) is 17.1. The molecule has 2 amide bonds. The van der Waals surface area contributed by atoms with Crippen molar-refractivity contribution in [3.63, 3.8) is 0 Å². The zero-order valence-electron chi connectivity index (χ0n) is 12.2. The van der Waals surface area contributed by atoms with E-state index in [1.165, 1.54) is 0 Å². The molecule has 116 valence electrons. The summed E-state index contributed by atoms with van der Waals surface area (Å²) in [7, 11) is 0. The number of carboxylic acid groups (broad SMARTS) is 1. The van der Waals surface area contributed by atoms with E-state index in [2.05, 4.69) is 22.5 Å². The van der Waals surface area contributed by atoms with Gasteiger partial charge in [-0.2, -0.15) is 11.8 Å². The second kappa shape index (κ2) is 9.07. The fourth-order valence-electron chi connectivity index (χ4n) is 2.46. The van der Waals surface area contributed by atoms with Gasteiger partial charge in [0, 0.05) is 12.6 Å². The maximum atomic E-state index is 11.8. The van der Waals surface area contributed by atoms with Gasteiger partial charge in [0.1, 0.15) is 6.04 Å². The lowest BCUT2D eigenvalue weighted by Crippen LogP contribution is -2.49. The van der Waals surface area contributed by atoms with Crippen molar-refractivity contribution in [2.75, 3.05) is 31.6 Å². The van der Waals surface area contributed by atoms with Crippen molar-refractivity contribution < 1.29 is 14.7 Å². The Morgan fingerprint density at radius 2 is 2.25 bits per heavy atom. The van der Waals surface area contributed by atoms with Crippen molar-refractivity contribution in [2.24, 2.45) is 0 Å². The van der Waals surface area contributed by atoms with Gasteiger partial charge in [-0.05, 0) is 44.4 Å². The maximum Gasteiger partial charge on any atom is 0.326 e. The van der Waals surface area contributed by atoms with Gasteiger partial charge in [-0.25, -0.2) is 9.59 Å². The van der Waals surface area contributed by atoms with Crippen LogP contribution in [0.1, 0.15) is 26.2 Å². The van der Waals surface area contributed by atoms with Gasteiger partial charge >= 0.3 is 12.0 Å². The van der Waals surface area contributed by atoms with E-state index in [0.717, 1.165) is 25.9 Å². The molecule has 20 heavy (non-hydrogen) atoms. The summed E-state index contributed by atoms with van der Waals surface area (Å²) in [6, 6.07) is -0.824. The van der Waals surface area contributed by atoms with E-state index in [9.17, 15) is 9.59 Å². The fourth-order valence-corrected chi connectivity index (χ4v) is 2.93. The average Bonchev–Trinajstić information content (AvgIpc) is 2.88. The Kier molecular flexibility index (Phi) is 7.76. The van der Waals surface area contributed by atoms with Gasteiger partial charge < -0.3 is 15.7 Å². The number of hydrogen-bond donors (Lipinski definition) is 3. The highest BCUT2D eigenvalue weighted by Crippen LogP contribution is 2.15. The standard InChI is InChI=1S/C13H25N3O3S/c1-3-16-7-4-5-10(16)9-14-13(19)15-11(12(17)18)6-8-20-2/h10-11H,3-9H2,1-2H3,(H,17,18)(H2,14,15,19)/t10?,11-/m0/s1. The third kappa shape index (κ3) is 5.58. The number of carboxylic acids is 1. The molecule has 1 saturated heterocycles. The molecule has 0 spiro atoms. The van der Waals surface area contributed by atoms with Crippen LogP contribution in [0.2, 0.25) is 0 Å². The third-order valence-corrected chi connectivity index (χ3v) is 4.26. The van der Waals surface area contributed by atoms with Crippen LogP contribution in [0.5, 0.6) is 0 Å². The monoisotopic (exact) mass is 303 g/mol. The van der Waals surface area contributed by atoms with Crippen LogP contribution in [-0.4, -0.2) is 65.7 Å². The van der Waals surface area contributed by atoms with Gasteiger partial charge in [-0.3, -0.25) is 4.90 Å². The molecule has 1 fully saturated rings. The number of carbonyl (C=O) groups excluding carboxylic acids is 1. The molecular weight excluding hydrogens is 278 g/mol. The molecule has 0 aromatic rings. The van der Waals surface area contributed by atoms with Crippen molar-refractivity contribution in [2.45, 2.75) is 38.3 Å². The number of urea groups is 1. The second-order valence-corrected chi connectivity index (χ2v) is 5.94. The van der Waals surface area contributed by atoms with Crippen molar-refractivity contribution in [1.82, 2.24) is 15.5 Å². The molecule has 0 bridgehead atoms. The molecule has 0 aromatic heterocycles. The number of likely N-dealkylation sites (N-methyl/N-ethyl adjacent to an activating group) is 1. The van der Waals surface area contributed by atoms with Crippen molar-refractivity contribution in [3.8, 4) is 0 Å². The van der Waals surface area contributed by atoms with Gasteiger partial charge in [0.2, 0.25) is 0 Å². The SMILES string of the molecule is CCN1CCCC1CNC(=O)N[C@@H](CCSC)C(=O)O. The van der Waals surface area contributed by atoms with Crippen LogP contribution in [0.4, 0.5) is 4.79 Å². The number of aliphatic carboxylic acids is 1. The summed E-state index contributed by atoms with van der Waals surface area (Å²) >= 11 is 1.57. The smallest absolute Gasteiger partial charge is 0.326 e. The van der Waals surface area contributed by atoms with E-state index in [4.69, 9.17) is 5.11 Å². The van der Waals surface area contributed by atoms with Crippen LogP contribution in [0, 0.1) is 0 Å². The van der Waals surface area contributed by atoms with Gasteiger partial charge in [-0.1, -0.05) is 6.92 Å². The van der Waals surface area contributed by atoms with Gasteiger partial charge in [0.15, 0.2) is 0 Å². The first-order chi connectivity index (χ1) is 9.58. The summed E-state index contributed by atoms with van der Waals surface area (Å²) in [5.41, 5.74) is 0. The molecule has 0 aliphatic carbocycles. The number of nitrogens with zero attached hydrogens (tertiary/aromatic N) is 1. The molecule has 1 aliphatic rings. The normalized spacial score (nSPS) is 20.6. The van der Waals surface area contributed by atoms with E-state index in [-0.39, 0.29) is 6.03 Å². The molecule has 6 nitrogen and oxygen atoms in total. The Labute approximate surface area is 124 Å². The fraction of sp³-hybridized carbons (Fsp3) is 0.846. The Bertz CT molecular complexity index is 328. The van der Waals surface area contributed by atoms with Crippen LogP contribution in [0.3, 0.4) is 0 Å². The minimum Gasteiger partial charge on any atom is -0.480 e. The zero-order valence-corrected chi connectivity index (χ0v) is 13.0. The second-order valence-electron chi connectivity index (χ2n) is 4.95. The first-order valence-electron chi connectivity index (χ1n) is 7.08. The van der Waals surface area contributed by atoms with E-state index in [1.54, 1.807) is 11.8 Å². The topological polar surface area (TPSA) is 81.7 Å². The number of nitrogens with one attached hydrogen (secondary N) is 2. The van der Waals surface area contributed by atoms with Crippen molar-refractivity contribution in [3.05, 3.63) is 0 Å². The van der Waals surface area contributed by atoms with Crippen LogP contribution in [0.15, 0.2) is 0 Å². The van der Waals surface area contributed by atoms with E-state index in [0.29, 0.717) is 24.8 Å². The number of thioether (sulfide) groups is 1. The molecule has 1 aliphatic heterocycles. The van der Waals surface area contributed by atoms with E-state index in [1.807, 2.05) is 6.26 Å². The van der Waals surface area contributed by atoms with Gasteiger partial charge in [0.25, 0.3) is 0 Å². The van der Waals surface area contributed by atoms with Gasteiger partial charge in [-0.15, -0.1) is 0 Å². The number of hydrogen-bond acceptors (Lipinski definition) is 4. The molecule has 1 unspecified atom stereocenters. The number of likely N-dealkylation sites (tertiary alicyclic amines) is 1. The van der Waals surface area contributed by atoms with Crippen LogP contribution in [-0.2, 0) is 4.79 Å². The Balaban J connectivity index is 2.32. The highest BCUT2D eigenvalue weighted by molar-refractivity contribution is 7.98. The summed E-state index contributed by atoms with van der Waals surface area (Å²) in [6.45, 7) is 4.76. The summed E-state index contributed by atoms with van der Waals surface area (Å²) in [6.07, 6.45) is 4.60. The van der Waals surface area contributed by atoms with Crippen molar-refractivity contribution >= 4 is 23.8 Å². The predicted molar refractivity (Wildman–Crippen MR) is 81.2 cm³/mol. The average molecular weight is 303 g/mol. The maximum absolute atomic E-state index is 11.8. The van der Waals surface area contributed by atoms with Gasteiger partial charge in [0.05, 0.1) is 0 Å². The molecular formula is C13H25N3O3S. The molecule has 2 atom stereocenters. The number of amides is 2. The Morgan fingerprint density at radius 1 is 1.50 bits per heavy atom. The van der Waals surface area contributed by atoms with Crippen LogP contribution < -0.4 is 10.6 Å². The number of rotatable bonds is 8. The summed E-state index contributed by atoms with van der Waals surface area (Å²) in [4.78, 5) is 25.1. The third-order valence-electron chi connectivity index (χ3n) is 3.62. The lowest BCUT2D eigenvalue weighted by molar-refractivity contribution is -0.139. The number of carbonyl (C=O) groups is 2.